The molecule has 21 heavy (non-hydrogen) atoms. The molecule has 2 nitrogen and oxygen atoms in total. The number of anilines is 1. The number of aryl methyl sites for hydroxylation is 2. The molecular formula is C19H20N2. The second-order valence-electron chi connectivity index (χ2n) is 6.09. The number of nitrogens with zero attached hydrogens (tertiary/aromatic N) is 1. The summed E-state index contributed by atoms with van der Waals surface area (Å²) in [7, 11) is 0. The van der Waals surface area contributed by atoms with Gasteiger partial charge in [-0.3, -0.25) is 0 Å². The van der Waals surface area contributed by atoms with Crippen molar-refractivity contribution in [1.82, 2.24) is 4.98 Å². The van der Waals surface area contributed by atoms with Crippen molar-refractivity contribution in [3.63, 3.8) is 0 Å². The molecule has 0 amide bonds. The molecule has 1 N–H and O–H groups in total. The van der Waals surface area contributed by atoms with Crippen LogP contribution in [0.25, 0.3) is 10.9 Å². The fraction of sp³-hybridized carbons (Fsp3) is 0.263. The van der Waals surface area contributed by atoms with Crippen LogP contribution in [0.3, 0.4) is 0 Å². The van der Waals surface area contributed by atoms with Gasteiger partial charge in [-0.05, 0) is 43.2 Å². The van der Waals surface area contributed by atoms with Crippen molar-refractivity contribution in [2.24, 2.45) is 0 Å². The molecule has 2 aromatic carbocycles. The average Bonchev–Trinajstić information content (AvgIpc) is 2.85. The second kappa shape index (κ2) is 4.66. The largest absolute Gasteiger partial charge is 0.367 e. The van der Waals surface area contributed by atoms with Crippen LogP contribution < -0.4 is 4.90 Å². The zero-order valence-corrected chi connectivity index (χ0v) is 12.6. The Bertz CT molecular complexity index is 799. The molecule has 1 aliphatic rings. The van der Waals surface area contributed by atoms with E-state index in [-0.39, 0.29) is 0 Å². The molecule has 0 saturated carbocycles. The summed E-state index contributed by atoms with van der Waals surface area (Å²) in [5.74, 6) is 0. The highest BCUT2D eigenvalue weighted by Crippen LogP contribution is 2.32. The fourth-order valence-electron chi connectivity index (χ4n) is 3.62. The number of nitrogens with one attached hydrogen (secondary N) is 1. The standard InChI is InChI=1S/C19H20N2/c1-13-10-14(2)19-16-12-21(15-6-4-3-5-7-15)9-8-17(16)20-18(19)11-13/h3-7,10-11,20H,8-9,12H2,1-2H3. The molecule has 0 radical (unpaired) electrons. The quantitative estimate of drug-likeness (QED) is 0.700. The lowest BCUT2D eigenvalue weighted by atomic mass is 9.99. The Kier molecular flexibility index (Phi) is 2.78. The minimum absolute atomic E-state index is 1.00. The van der Waals surface area contributed by atoms with Gasteiger partial charge in [-0.15, -0.1) is 0 Å². The van der Waals surface area contributed by atoms with Crippen LogP contribution in [-0.4, -0.2) is 11.5 Å². The van der Waals surface area contributed by atoms with Crippen LogP contribution in [0, 0.1) is 13.8 Å². The number of benzene rings is 2. The monoisotopic (exact) mass is 276 g/mol. The van der Waals surface area contributed by atoms with Gasteiger partial charge < -0.3 is 9.88 Å². The highest BCUT2D eigenvalue weighted by Gasteiger charge is 2.21. The van der Waals surface area contributed by atoms with Crippen LogP contribution in [0.4, 0.5) is 5.69 Å². The smallest absolute Gasteiger partial charge is 0.0465 e. The van der Waals surface area contributed by atoms with E-state index >= 15 is 0 Å². The van der Waals surface area contributed by atoms with Crippen molar-refractivity contribution >= 4 is 16.6 Å². The maximum atomic E-state index is 3.64. The molecular weight excluding hydrogens is 256 g/mol. The predicted octanol–water partition coefficient (Wildman–Crippen LogP) is 4.35. The third-order valence-corrected chi connectivity index (χ3v) is 4.53. The van der Waals surface area contributed by atoms with Crippen molar-refractivity contribution in [2.75, 3.05) is 11.4 Å². The summed E-state index contributed by atoms with van der Waals surface area (Å²) in [5, 5.41) is 1.43. The Morgan fingerprint density at radius 3 is 2.67 bits per heavy atom. The van der Waals surface area contributed by atoms with Crippen LogP contribution in [0.5, 0.6) is 0 Å². The van der Waals surface area contributed by atoms with Gasteiger partial charge in [0, 0.05) is 47.4 Å². The number of para-hydroxylation sites is 1. The summed E-state index contributed by atoms with van der Waals surface area (Å²) >= 11 is 0. The number of hydrogen-bond donors (Lipinski definition) is 1. The number of hydrogen-bond acceptors (Lipinski definition) is 1. The van der Waals surface area contributed by atoms with Crippen LogP contribution in [0.15, 0.2) is 42.5 Å². The highest BCUT2D eigenvalue weighted by atomic mass is 15.1. The summed E-state index contributed by atoms with van der Waals surface area (Å²) in [6.45, 7) is 6.48. The van der Waals surface area contributed by atoms with Crippen molar-refractivity contribution < 1.29 is 0 Å². The Hall–Kier alpha value is -2.22. The lowest BCUT2D eigenvalue weighted by Crippen LogP contribution is -2.29. The maximum absolute atomic E-state index is 3.64. The maximum Gasteiger partial charge on any atom is 0.0465 e. The average molecular weight is 276 g/mol. The van der Waals surface area contributed by atoms with E-state index in [0.29, 0.717) is 0 Å². The van der Waals surface area contributed by atoms with Crippen LogP contribution in [0.1, 0.15) is 22.4 Å². The first kappa shape index (κ1) is 12.5. The molecule has 0 atom stereocenters. The molecule has 0 spiro atoms. The summed E-state index contributed by atoms with van der Waals surface area (Å²) in [4.78, 5) is 6.12. The van der Waals surface area contributed by atoms with Gasteiger partial charge in [0.15, 0.2) is 0 Å². The number of rotatable bonds is 1. The summed E-state index contributed by atoms with van der Waals surface area (Å²) < 4.78 is 0. The van der Waals surface area contributed by atoms with E-state index in [2.05, 4.69) is 66.2 Å². The van der Waals surface area contributed by atoms with E-state index in [1.165, 1.54) is 39.0 Å². The SMILES string of the molecule is Cc1cc(C)c2c3c([nH]c2c1)CCN(c1ccccc1)C3. The van der Waals surface area contributed by atoms with E-state index < -0.39 is 0 Å². The predicted molar refractivity (Wildman–Crippen MR) is 89.0 cm³/mol. The first-order valence-corrected chi connectivity index (χ1v) is 7.63. The molecule has 0 aliphatic carbocycles. The van der Waals surface area contributed by atoms with Gasteiger partial charge in [0.2, 0.25) is 0 Å². The Balaban J connectivity index is 1.81. The highest BCUT2D eigenvalue weighted by molar-refractivity contribution is 5.89. The molecule has 0 bridgehead atoms. The molecule has 2 heterocycles. The van der Waals surface area contributed by atoms with Crippen LogP contribution in [0.2, 0.25) is 0 Å². The summed E-state index contributed by atoms with van der Waals surface area (Å²) in [6.07, 6.45) is 1.09. The Labute approximate surface area is 125 Å². The number of H-pyrrole nitrogens is 1. The molecule has 106 valence electrons. The van der Waals surface area contributed by atoms with Crippen molar-refractivity contribution in [1.29, 1.82) is 0 Å². The molecule has 0 fully saturated rings. The molecule has 1 aromatic heterocycles. The third-order valence-electron chi connectivity index (χ3n) is 4.53. The number of aromatic nitrogens is 1. The lowest BCUT2D eigenvalue weighted by molar-refractivity contribution is 0.726. The molecule has 3 aromatic rings. The van der Waals surface area contributed by atoms with E-state index in [1.54, 1.807) is 0 Å². The van der Waals surface area contributed by atoms with Gasteiger partial charge in [0.1, 0.15) is 0 Å². The van der Waals surface area contributed by atoms with Crippen LogP contribution >= 0.6 is 0 Å². The minimum Gasteiger partial charge on any atom is -0.367 e. The van der Waals surface area contributed by atoms with Gasteiger partial charge in [0.05, 0.1) is 0 Å². The second-order valence-corrected chi connectivity index (χ2v) is 6.09. The van der Waals surface area contributed by atoms with Crippen LogP contribution in [-0.2, 0) is 13.0 Å². The van der Waals surface area contributed by atoms with E-state index in [1.807, 2.05) is 0 Å². The topological polar surface area (TPSA) is 19.0 Å². The first-order valence-electron chi connectivity index (χ1n) is 7.63. The zero-order chi connectivity index (χ0) is 14.4. The van der Waals surface area contributed by atoms with Gasteiger partial charge >= 0.3 is 0 Å². The molecule has 2 heteroatoms. The van der Waals surface area contributed by atoms with Crippen molar-refractivity contribution in [3.8, 4) is 0 Å². The first-order chi connectivity index (χ1) is 10.2. The third kappa shape index (κ3) is 2.02. The summed E-state index contributed by atoms with van der Waals surface area (Å²) in [5.41, 5.74) is 8.24. The van der Waals surface area contributed by atoms with E-state index in [4.69, 9.17) is 0 Å². The van der Waals surface area contributed by atoms with E-state index in [9.17, 15) is 0 Å². The van der Waals surface area contributed by atoms with Gasteiger partial charge in [-0.2, -0.15) is 0 Å². The molecule has 0 unspecified atom stereocenters. The molecule has 0 saturated heterocycles. The van der Waals surface area contributed by atoms with E-state index in [0.717, 1.165) is 19.5 Å². The Morgan fingerprint density at radius 1 is 1.05 bits per heavy atom. The molecule has 1 aliphatic heterocycles. The molecule has 4 rings (SSSR count). The zero-order valence-electron chi connectivity index (χ0n) is 12.6. The van der Waals surface area contributed by atoms with Crippen molar-refractivity contribution in [2.45, 2.75) is 26.8 Å². The van der Waals surface area contributed by atoms with Gasteiger partial charge in [0.25, 0.3) is 0 Å². The number of fused-ring (bicyclic) bond motifs is 3. The van der Waals surface area contributed by atoms with Crippen molar-refractivity contribution in [3.05, 3.63) is 64.8 Å². The lowest BCUT2D eigenvalue weighted by Gasteiger charge is -2.29. The Morgan fingerprint density at radius 2 is 1.86 bits per heavy atom. The van der Waals surface area contributed by atoms with Gasteiger partial charge in [-0.1, -0.05) is 24.3 Å². The normalized spacial score (nSPS) is 14.5. The van der Waals surface area contributed by atoms with Gasteiger partial charge in [-0.25, -0.2) is 0 Å². The summed E-state index contributed by atoms with van der Waals surface area (Å²) in [6, 6.07) is 15.3. The fourth-order valence-corrected chi connectivity index (χ4v) is 3.62. The minimum atomic E-state index is 1.00. The number of aromatic amines is 1.